The van der Waals surface area contributed by atoms with Crippen LogP contribution < -0.4 is 0 Å². The Morgan fingerprint density at radius 3 is 2.53 bits per heavy atom. The van der Waals surface area contributed by atoms with Crippen LogP contribution in [0.1, 0.15) is 43.8 Å². The number of hydrogen-bond acceptors (Lipinski definition) is 4. The lowest BCUT2D eigenvalue weighted by Crippen LogP contribution is -2.21. The Kier molecular flexibility index (Phi) is 4.27. The second-order valence-corrected chi connectivity index (χ2v) is 4.97. The molecule has 0 unspecified atom stereocenters. The fraction of sp³-hybridized carbons (Fsp3) is 0.500. The van der Waals surface area contributed by atoms with E-state index in [1.54, 1.807) is 0 Å². The molecule has 102 valence electrons. The molecule has 0 heterocycles. The van der Waals surface area contributed by atoms with Gasteiger partial charge in [0.15, 0.2) is 0 Å². The second-order valence-electron chi connectivity index (χ2n) is 4.97. The van der Waals surface area contributed by atoms with E-state index in [0.29, 0.717) is 18.4 Å². The minimum atomic E-state index is -0.855. The maximum Gasteiger partial charge on any atom is 0.269 e. The van der Waals surface area contributed by atoms with Crippen molar-refractivity contribution in [1.82, 2.24) is 0 Å². The van der Waals surface area contributed by atoms with Crippen molar-refractivity contribution in [2.24, 2.45) is 5.92 Å². The number of nitro benzene ring substituents is 1. The molecule has 0 aliphatic heterocycles. The molecule has 1 fully saturated rings. The number of rotatable bonds is 3. The zero-order valence-electron chi connectivity index (χ0n) is 10.6. The predicted molar refractivity (Wildman–Crippen MR) is 69.6 cm³/mol. The number of ketones is 1. The highest BCUT2D eigenvalue weighted by molar-refractivity contribution is 5.82. The van der Waals surface area contributed by atoms with E-state index in [2.05, 4.69) is 0 Å². The highest BCUT2D eigenvalue weighted by Crippen LogP contribution is 2.31. The zero-order chi connectivity index (χ0) is 13.8. The van der Waals surface area contributed by atoms with E-state index in [-0.39, 0.29) is 17.4 Å². The van der Waals surface area contributed by atoms with Crippen molar-refractivity contribution in [2.75, 3.05) is 0 Å². The summed E-state index contributed by atoms with van der Waals surface area (Å²) >= 11 is 0. The first kappa shape index (κ1) is 13.7. The van der Waals surface area contributed by atoms with Gasteiger partial charge in [0.25, 0.3) is 5.69 Å². The van der Waals surface area contributed by atoms with Gasteiger partial charge in [0.1, 0.15) is 5.78 Å². The molecule has 5 heteroatoms. The predicted octanol–water partition coefficient (Wildman–Crippen LogP) is 2.78. The summed E-state index contributed by atoms with van der Waals surface area (Å²) in [5, 5.41) is 20.8. The number of hydrogen-bond donors (Lipinski definition) is 1. The first-order chi connectivity index (χ1) is 9.09. The number of aliphatic hydroxyl groups is 1. The Bertz CT molecular complexity index is 469. The van der Waals surface area contributed by atoms with Crippen LogP contribution in [-0.2, 0) is 4.79 Å². The summed E-state index contributed by atoms with van der Waals surface area (Å²) in [6.45, 7) is 0. The molecule has 1 aromatic rings. The largest absolute Gasteiger partial charge is 0.388 e. The molecule has 1 N–H and O–H groups in total. The van der Waals surface area contributed by atoms with Gasteiger partial charge in [0, 0.05) is 24.5 Å². The normalized spacial score (nSPS) is 21.7. The molecule has 2 atom stereocenters. The van der Waals surface area contributed by atoms with Gasteiger partial charge in [-0.15, -0.1) is 0 Å². The molecule has 5 nitrogen and oxygen atoms in total. The lowest BCUT2D eigenvalue weighted by atomic mass is 9.88. The van der Waals surface area contributed by atoms with Crippen molar-refractivity contribution in [3.63, 3.8) is 0 Å². The average molecular weight is 263 g/mol. The van der Waals surface area contributed by atoms with E-state index in [1.165, 1.54) is 24.3 Å². The molecule has 1 aromatic carbocycles. The molecule has 1 aliphatic rings. The number of carbonyl (C=O) groups is 1. The standard InChI is InChI=1S/C14H17NO4/c16-13-5-3-1-2-4-12(13)14(17)10-6-8-11(9-7-10)15(18)19/h6-9,12,14,17H,1-5H2/t12-,14+/m1/s1. The third kappa shape index (κ3) is 3.17. The van der Waals surface area contributed by atoms with Gasteiger partial charge in [-0.25, -0.2) is 0 Å². The summed E-state index contributed by atoms with van der Waals surface area (Å²) in [4.78, 5) is 22.0. The van der Waals surface area contributed by atoms with Gasteiger partial charge in [0.2, 0.25) is 0 Å². The van der Waals surface area contributed by atoms with E-state index in [9.17, 15) is 20.0 Å². The van der Waals surface area contributed by atoms with Crippen LogP contribution in [0.3, 0.4) is 0 Å². The first-order valence-corrected chi connectivity index (χ1v) is 6.54. The molecule has 1 saturated carbocycles. The molecule has 0 amide bonds. The fourth-order valence-corrected chi connectivity index (χ4v) is 2.55. The van der Waals surface area contributed by atoms with Crippen LogP contribution in [0.4, 0.5) is 5.69 Å². The van der Waals surface area contributed by atoms with Crippen molar-refractivity contribution in [3.05, 3.63) is 39.9 Å². The van der Waals surface area contributed by atoms with Crippen molar-refractivity contribution < 1.29 is 14.8 Å². The molecule has 0 aromatic heterocycles. The van der Waals surface area contributed by atoms with Crippen molar-refractivity contribution in [1.29, 1.82) is 0 Å². The fourth-order valence-electron chi connectivity index (χ4n) is 2.55. The summed E-state index contributed by atoms with van der Waals surface area (Å²) in [6.07, 6.45) is 3.22. The number of aliphatic hydroxyl groups excluding tert-OH is 1. The highest BCUT2D eigenvalue weighted by atomic mass is 16.6. The Morgan fingerprint density at radius 1 is 1.21 bits per heavy atom. The first-order valence-electron chi connectivity index (χ1n) is 6.54. The number of Topliss-reactive ketones (excluding diaryl/α,β-unsaturated/α-hetero) is 1. The number of benzene rings is 1. The van der Waals surface area contributed by atoms with Crippen molar-refractivity contribution in [3.8, 4) is 0 Å². The number of carbonyl (C=O) groups excluding carboxylic acids is 1. The summed E-state index contributed by atoms with van der Waals surface area (Å²) in [7, 11) is 0. The Labute approximate surface area is 111 Å². The number of nitrogens with zero attached hydrogens (tertiary/aromatic N) is 1. The minimum absolute atomic E-state index is 0.0110. The Hall–Kier alpha value is -1.75. The van der Waals surface area contributed by atoms with Crippen LogP contribution >= 0.6 is 0 Å². The summed E-state index contributed by atoms with van der Waals surface area (Å²) in [6, 6.07) is 5.78. The summed E-state index contributed by atoms with van der Waals surface area (Å²) in [5.74, 6) is -0.271. The molecule has 0 saturated heterocycles. The van der Waals surface area contributed by atoms with E-state index in [4.69, 9.17) is 0 Å². The number of non-ortho nitro benzene ring substituents is 1. The van der Waals surface area contributed by atoms with Crippen molar-refractivity contribution in [2.45, 2.75) is 38.2 Å². The van der Waals surface area contributed by atoms with Gasteiger partial charge in [0.05, 0.1) is 11.0 Å². The van der Waals surface area contributed by atoms with E-state index >= 15 is 0 Å². The van der Waals surface area contributed by atoms with Crippen LogP contribution in [0, 0.1) is 16.0 Å². The Balaban J connectivity index is 2.15. The smallest absolute Gasteiger partial charge is 0.269 e. The van der Waals surface area contributed by atoms with Crippen LogP contribution in [0.2, 0.25) is 0 Å². The van der Waals surface area contributed by atoms with Crippen LogP contribution in [0.25, 0.3) is 0 Å². The SMILES string of the molecule is O=C1CCCCC[C@H]1[C@@H](O)c1ccc([N+](=O)[O-])cc1. The molecule has 2 rings (SSSR count). The molecule has 0 bridgehead atoms. The maximum atomic E-state index is 11.9. The third-order valence-electron chi connectivity index (χ3n) is 3.68. The Morgan fingerprint density at radius 2 is 1.89 bits per heavy atom. The highest BCUT2D eigenvalue weighted by Gasteiger charge is 2.28. The second kappa shape index (κ2) is 5.93. The molecule has 0 radical (unpaired) electrons. The summed E-state index contributed by atoms with van der Waals surface area (Å²) < 4.78 is 0. The van der Waals surface area contributed by atoms with E-state index in [0.717, 1.165) is 19.3 Å². The lowest BCUT2D eigenvalue weighted by molar-refractivity contribution is -0.384. The van der Waals surface area contributed by atoms with Gasteiger partial charge < -0.3 is 5.11 Å². The molecular weight excluding hydrogens is 246 g/mol. The van der Waals surface area contributed by atoms with Crippen molar-refractivity contribution >= 4 is 11.5 Å². The van der Waals surface area contributed by atoms with Crippen LogP contribution in [-0.4, -0.2) is 15.8 Å². The third-order valence-corrected chi connectivity index (χ3v) is 3.68. The monoisotopic (exact) mass is 263 g/mol. The lowest BCUT2D eigenvalue weighted by Gasteiger charge is -2.20. The van der Waals surface area contributed by atoms with Gasteiger partial charge in [-0.3, -0.25) is 14.9 Å². The molecular formula is C14H17NO4. The minimum Gasteiger partial charge on any atom is -0.388 e. The topological polar surface area (TPSA) is 80.4 Å². The quantitative estimate of drug-likeness (QED) is 0.516. The van der Waals surface area contributed by atoms with Gasteiger partial charge in [-0.05, 0) is 30.5 Å². The molecule has 19 heavy (non-hydrogen) atoms. The maximum absolute atomic E-state index is 11.9. The van der Waals surface area contributed by atoms with Gasteiger partial charge in [-0.1, -0.05) is 12.8 Å². The average Bonchev–Trinajstić information content (AvgIpc) is 2.63. The zero-order valence-corrected chi connectivity index (χ0v) is 10.6. The molecule has 0 spiro atoms. The van der Waals surface area contributed by atoms with Gasteiger partial charge >= 0.3 is 0 Å². The van der Waals surface area contributed by atoms with Gasteiger partial charge in [-0.2, -0.15) is 0 Å². The van der Waals surface area contributed by atoms with Crippen LogP contribution in [0.5, 0.6) is 0 Å². The number of nitro groups is 1. The molecule has 1 aliphatic carbocycles. The van der Waals surface area contributed by atoms with Crippen LogP contribution in [0.15, 0.2) is 24.3 Å². The summed E-state index contributed by atoms with van der Waals surface area (Å²) in [5.41, 5.74) is 0.564. The van der Waals surface area contributed by atoms with E-state index in [1.807, 2.05) is 0 Å². The van der Waals surface area contributed by atoms with E-state index < -0.39 is 11.0 Å².